The number of aliphatic hydroxyl groups excluding tert-OH is 1. The predicted octanol–water partition coefficient (Wildman–Crippen LogP) is 7.35. The fourth-order valence-electron chi connectivity index (χ4n) is 5.55. The van der Waals surface area contributed by atoms with E-state index in [-0.39, 0.29) is 23.4 Å². The molecule has 1 aliphatic rings. The molecule has 2 aromatic carbocycles. The van der Waals surface area contributed by atoms with Gasteiger partial charge in [-0.25, -0.2) is 9.78 Å². The van der Waals surface area contributed by atoms with Gasteiger partial charge in [0.1, 0.15) is 11.4 Å². The van der Waals surface area contributed by atoms with Gasteiger partial charge in [-0.05, 0) is 61.1 Å². The largest absolute Gasteiger partial charge is 0.512 e. The second kappa shape index (κ2) is 12.8. The molecule has 0 aliphatic carbocycles. The zero-order valence-electron chi connectivity index (χ0n) is 24.3. The van der Waals surface area contributed by atoms with E-state index >= 15 is 0 Å². The number of aryl methyl sites for hydroxylation is 1. The van der Waals surface area contributed by atoms with Gasteiger partial charge in [0.25, 0.3) is 10.0 Å². The molecule has 0 bridgehead atoms. The van der Waals surface area contributed by atoms with Gasteiger partial charge in [-0.1, -0.05) is 62.7 Å². The number of rotatable bonds is 11. The molecule has 11 heteroatoms. The number of alkyl halides is 3. The van der Waals surface area contributed by atoms with Crippen molar-refractivity contribution in [2.24, 2.45) is 0 Å². The zero-order valence-corrected chi connectivity index (χ0v) is 25.1. The van der Waals surface area contributed by atoms with Gasteiger partial charge in [-0.3, -0.25) is 4.31 Å². The number of carbonyl (C=O) groups is 1. The molecule has 230 valence electrons. The summed E-state index contributed by atoms with van der Waals surface area (Å²) in [7, 11) is -3.03. The first-order chi connectivity index (χ1) is 20.3. The van der Waals surface area contributed by atoms with E-state index < -0.39 is 44.3 Å². The fraction of sp³-hybridized carbons (Fsp3) is 0.375. The lowest BCUT2D eigenvalue weighted by Crippen LogP contribution is -2.41. The highest BCUT2D eigenvalue weighted by Crippen LogP contribution is 2.42. The van der Waals surface area contributed by atoms with Gasteiger partial charge in [-0.2, -0.15) is 21.6 Å². The van der Waals surface area contributed by atoms with E-state index in [1.807, 2.05) is 44.2 Å². The van der Waals surface area contributed by atoms with E-state index in [1.54, 1.807) is 18.2 Å². The Morgan fingerprint density at radius 1 is 1.05 bits per heavy atom. The molecule has 0 saturated carbocycles. The first-order valence-corrected chi connectivity index (χ1v) is 15.6. The molecule has 1 aliphatic heterocycles. The van der Waals surface area contributed by atoms with E-state index in [2.05, 4.69) is 4.98 Å². The van der Waals surface area contributed by atoms with Crippen molar-refractivity contribution in [3.05, 3.63) is 101 Å². The van der Waals surface area contributed by atoms with Crippen LogP contribution in [-0.4, -0.2) is 37.1 Å². The Kier molecular flexibility index (Phi) is 9.54. The number of hydrogen-bond donors (Lipinski definition) is 1. The van der Waals surface area contributed by atoms with Crippen molar-refractivity contribution < 1.29 is 36.2 Å². The summed E-state index contributed by atoms with van der Waals surface area (Å²) in [5.41, 5.74) is 0.145. The maximum atomic E-state index is 13.5. The van der Waals surface area contributed by atoms with Crippen molar-refractivity contribution >= 4 is 21.7 Å². The number of aliphatic hydroxyl groups is 1. The Morgan fingerprint density at radius 3 is 2.35 bits per heavy atom. The van der Waals surface area contributed by atoms with E-state index in [9.17, 15) is 31.5 Å². The molecule has 3 aromatic rings. The van der Waals surface area contributed by atoms with E-state index in [0.717, 1.165) is 22.4 Å². The molecule has 7 nitrogen and oxygen atoms in total. The van der Waals surface area contributed by atoms with Gasteiger partial charge in [0, 0.05) is 25.6 Å². The van der Waals surface area contributed by atoms with Crippen molar-refractivity contribution in [1.82, 2.24) is 4.98 Å². The molecular formula is C32H35F3N2O5S. The Morgan fingerprint density at radius 2 is 1.77 bits per heavy atom. The van der Waals surface area contributed by atoms with Gasteiger partial charge in [0.05, 0.1) is 16.8 Å². The second-order valence-electron chi connectivity index (χ2n) is 10.8. The number of esters is 1. The van der Waals surface area contributed by atoms with Crippen LogP contribution in [0.25, 0.3) is 0 Å². The molecule has 1 N–H and O–H groups in total. The summed E-state index contributed by atoms with van der Waals surface area (Å²) in [6.45, 7) is 3.85. The molecule has 43 heavy (non-hydrogen) atoms. The zero-order chi connectivity index (χ0) is 31.4. The average Bonchev–Trinajstić information content (AvgIpc) is 2.98. The summed E-state index contributed by atoms with van der Waals surface area (Å²) in [5, 5.41) is 10.7. The standard InChI is InChI=1S/C32H35F3N2O5S/c1-4-17-31(18-16-22-10-7-6-8-11-22)20-27(38)29(30(39)42-31)26(5-2)23-12-9-13-25(19-23)37(3)43(40,41)28-15-14-24(21-36-28)32(33,34)35/h6-15,19,21,26,38H,4-5,16-18,20H2,1-3H3. The quantitative estimate of drug-likeness (QED) is 0.226. The number of pyridine rings is 1. The molecule has 2 heterocycles. The lowest BCUT2D eigenvalue weighted by Gasteiger charge is -2.39. The molecule has 2 atom stereocenters. The number of anilines is 1. The maximum Gasteiger partial charge on any atom is 0.417 e. The van der Waals surface area contributed by atoms with E-state index in [4.69, 9.17) is 4.74 Å². The molecule has 1 aromatic heterocycles. The van der Waals surface area contributed by atoms with Crippen molar-refractivity contribution in [1.29, 1.82) is 0 Å². The van der Waals surface area contributed by atoms with Crippen LogP contribution in [0, 0.1) is 0 Å². The minimum absolute atomic E-state index is 0.0371. The predicted molar refractivity (Wildman–Crippen MR) is 157 cm³/mol. The third-order valence-electron chi connectivity index (χ3n) is 7.83. The van der Waals surface area contributed by atoms with Crippen LogP contribution in [-0.2, 0) is 32.2 Å². The minimum atomic E-state index is -4.65. The van der Waals surface area contributed by atoms with Crippen molar-refractivity contribution in [2.75, 3.05) is 11.4 Å². The Hall–Kier alpha value is -3.86. The number of aromatic nitrogens is 1. The highest BCUT2D eigenvalue weighted by molar-refractivity contribution is 7.92. The normalized spacial score (nSPS) is 18.3. The van der Waals surface area contributed by atoms with Crippen molar-refractivity contribution in [3.8, 4) is 0 Å². The van der Waals surface area contributed by atoms with Crippen LogP contribution >= 0.6 is 0 Å². The van der Waals surface area contributed by atoms with Gasteiger partial charge in [0.2, 0.25) is 0 Å². The maximum absolute atomic E-state index is 13.5. The van der Waals surface area contributed by atoms with E-state index in [1.165, 1.54) is 13.1 Å². The molecule has 2 unspecified atom stereocenters. The highest BCUT2D eigenvalue weighted by atomic mass is 32.2. The number of benzene rings is 2. The third-order valence-corrected chi connectivity index (χ3v) is 9.53. The summed E-state index contributed by atoms with van der Waals surface area (Å²) in [6.07, 6.45) is -0.978. The fourth-order valence-corrected chi connectivity index (χ4v) is 6.65. The first kappa shape index (κ1) is 32.1. The second-order valence-corrected chi connectivity index (χ2v) is 12.7. The number of halogens is 3. The van der Waals surface area contributed by atoms with Gasteiger partial charge in [-0.15, -0.1) is 0 Å². The molecule has 0 fully saturated rings. The van der Waals surface area contributed by atoms with Crippen LogP contribution in [0.1, 0.15) is 68.6 Å². The van der Waals surface area contributed by atoms with Crippen LogP contribution < -0.4 is 4.31 Å². The molecular weight excluding hydrogens is 581 g/mol. The van der Waals surface area contributed by atoms with Crippen LogP contribution in [0.5, 0.6) is 0 Å². The summed E-state index contributed by atoms with van der Waals surface area (Å²) in [4.78, 5) is 17.0. The van der Waals surface area contributed by atoms with Crippen LogP contribution in [0.3, 0.4) is 0 Å². The SMILES string of the molecule is CCCC1(CCc2ccccc2)CC(O)=C(C(CC)c2cccc(N(C)S(=O)(=O)c3ccc(C(F)(F)F)cn3)c2)C(=O)O1. The smallest absolute Gasteiger partial charge is 0.417 e. The monoisotopic (exact) mass is 616 g/mol. The van der Waals surface area contributed by atoms with Crippen LogP contribution in [0.2, 0.25) is 0 Å². The Labute approximate surface area is 250 Å². The van der Waals surface area contributed by atoms with Gasteiger partial charge in [0.15, 0.2) is 5.03 Å². The first-order valence-electron chi connectivity index (χ1n) is 14.1. The highest BCUT2D eigenvalue weighted by Gasteiger charge is 2.43. The van der Waals surface area contributed by atoms with Crippen LogP contribution in [0.4, 0.5) is 18.9 Å². The minimum Gasteiger partial charge on any atom is -0.512 e. The lowest BCUT2D eigenvalue weighted by atomic mass is 9.80. The van der Waals surface area contributed by atoms with E-state index in [0.29, 0.717) is 43.5 Å². The summed E-state index contributed by atoms with van der Waals surface area (Å²) >= 11 is 0. The number of nitrogens with zero attached hydrogens (tertiary/aromatic N) is 2. The molecule has 0 amide bonds. The number of hydrogen-bond acceptors (Lipinski definition) is 6. The van der Waals surface area contributed by atoms with Crippen molar-refractivity contribution in [3.63, 3.8) is 0 Å². The Bertz CT molecular complexity index is 1570. The van der Waals surface area contributed by atoms with Gasteiger partial charge < -0.3 is 9.84 Å². The number of carbonyl (C=O) groups excluding carboxylic acids is 1. The summed E-state index contributed by atoms with van der Waals surface area (Å²) < 4.78 is 72.2. The average molecular weight is 617 g/mol. The molecule has 0 radical (unpaired) electrons. The van der Waals surface area contributed by atoms with Crippen LogP contribution in [0.15, 0.2) is 89.3 Å². The molecule has 0 spiro atoms. The number of ether oxygens (including phenoxy) is 1. The number of cyclic esters (lactones) is 1. The third kappa shape index (κ3) is 7.04. The molecule has 4 rings (SSSR count). The summed E-state index contributed by atoms with van der Waals surface area (Å²) in [6, 6.07) is 17.8. The summed E-state index contributed by atoms with van der Waals surface area (Å²) in [5.74, 6) is -1.22. The van der Waals surface area contributed by atoms with Crippen molar-refractivity contribution in [2.45, 2.75) is 75.1 Å². The van der Waals surface area contributed by atoms with Gasteiger partial charge >= 0.3 is 12.1 Å². The topological polar surface area (TPSA) is 96.8 Å². The molecule has 0 saturated heterocycles. The number of sulfonamides is 1. The lowest BCUT2D eigenvalue weighted by molar-refractivity contribution is -0.161. The Balaban J connectivity index is 1.61.